The second-order valence-corrected chi connectivity index (χ2v) is 1.11. The predicted octanol–water partition coefficient (Wildman–Crippen LogP) is -0.295. The molecule has 0 heterocycles. The molecule has 0 radical (unpaired) electrons. The number of nitrogens with one attached hydrogen (secondary N) is 1. The summed E-state index contributed by atoms with van der Waals surface area (Å²) in [6.45, 7) is -0.898. The van der Waals surface area contributed by atoms with E-state index in [1.807, 2.05) is 0 Å². The van der Waals surface area contributed by atoms with Crippen molar-refractivity contribution in [2.24, 2.45) is 0 Å². The Morgan fingerprint density at radius 3 is 2.88 bits per heavy atom. The molecule has 0 aromatic carbocycles. The van der Waals surface area contributed by atoms with Gasteiger partial charge in [-0.2, -0.15) is 0 Å². The molecule has 3 heteroatoms. The number of terminal acetylenes is 1. The lowest BCUT2D eigenvalue weighted by molar-refractivity contribution is -0.121. The van der Waals surface area contributed by atoms with Crippen LogP contribution in [0.25, 0.3) is 0 Å². The van der Waals surface area contributed by atoms with E-state index in [0.29, 0.717) is 0 Å². The zero-order chi connectivity index (χ0) is 6.41. The number of amides is 1. The molecular formula is C5H6FNO. The van der Waals surface area contributed by atoms with Gasteiger partial charge in [0.1, 0.15) is 0 Å². The largest absolute Gasteiger partial charge is 0.343 e. The highest BCUT2D eigenvalue weighted by atomic mass is 19.1. The fourth-order valence-electron chi connectivity index (χ4n) is 0.197. The van der Waals surface area contributed by atoms with E-state index in [0.717, 1.165) is 0 Å². The van der Waals surface area contributed by atoms with Crippen LogP contribution in [0.4, 0.5) is 4.39 Å². The van der Waals surface area contributed by atoms with Gasteiger partial charge in [0.2, 0.25) is 0 Å². The van der Waals surface area contributed by atoms with Crippen LogP contribution in [0.15, 0.2) is 0 Å². The molecular weight excluding hydrogens is 109 g/mol. The van der Waals surface area contributed by atoms with Crippen LogP contribution in [0.2, 0.25) is 0 Å². The minimum Gasteiger partial charge on any atom is -0.343 e. The Labute approximate surface area is 47.1 Å². The first-order valence-corrected chi connectivity index (χ1v) is 2.07. The van der Waals surface area contributed by atoms with Crippen molar-refractivity contribution in [2.45, 2.75) is 0 Å². The molecule has 0 aromatic heterocycles. The van der Waals surface area contributed by atoms with Crippen molar-refractivity contribution in [1.29, 1.82) is 0 Å². The van der Waals surface area contributed by atoms with E-state index in [-0.39, 0.29) is 6.54 Å². The summed E-state index contributed by atoms with van der Waals surface area (Å²) in [5.74, 6) is 1.47. The molecule has 0 rings (SSSR count). The number of halogens is 1. The summed E-state index contributed by atoms with van der Waals surface area (Å²) in [5, 5.41) is 2.13. The van der Waals surface area contributed by atoms with Gasteiger partial charge < -0.3 is 5.32 Å². The molecule has 0 aliphatic heterocycles. The van der Waals surface area contributed by atoms with Gasteiger partial charge in [-0.3, -0.25) is 4.79 Å². The third-order valence-corrected chi connectivity index (χ3v) is 0.509. The Morgan fingerprint density at radius 2 is 2.50 bits per heavy atom. The molecule has 1 amide bonds. The molecule has 0 bridgehead atoms. The third-order valence-electron chi connectivity index (χ3n) is 0.509. The number of carbonyl (C=O) groups is 1. The summed E-state index contributed by atoms with van der Waals surface area (Å²) in [4.78, 5) is 9.99. The number of hydrogen-bond donors (Lipinski definition) is 1. The van der Waals surface area contributed by atoms with Gasteiger partial charge >= 0.3 is 0 Å². The average molecular weight is 115 g/mol. The lowest BCUT2D eigenvalue weighted by atomic mass is 10.6. The number of hydrogen-bond acceptors (Lipinski definition) is 1. The van der Waals surface area contributed by atoms with Crippen LogP contribution < -0.4 is 5.32 Å². The van der Waals surface area contributed by atoms with Gasteiger partial charge in [-0.05, 0) is 0 Å². The van der Waals surface area contributed by atoms with Gasteiger partial charge in [0, 0.05) is 0 Å². The van der Waals surface area contributed by atoms with E-state index < -0.39 is 12.6 Å². The maximum atomic E-state index is 11.2. The molecule has 0 saturated carbocycles. The molecule has 0 aliphatic carbocycles. The van der Waals surface area contributed by atoms with Gasteiger partial charge in [-0.1, -0.05) is 5.92 Å². The molecule has 0 saturated heterocycles. The Morgan fingerprint density at radius 1 is 1.88 bits per heavy atom. The molecule has 0 atom stereocenters. The van der Waals surface area contributed by atoms with Crippen LogP contribution in [-0.2, 0) is 4.79 Å². The molecule has 8 heavy (non-hydrogen) atoms. The second kappa shape index (κ2) is 4.13. The zero-order valence-corrected chi connectivity index (χ0v) is 4.28. The molecule has 0 aromatic rings. The smallest absolute Gasteiger partial charge is 0.252 e. The summed E-state index contributed by atoms with van der Waals surface area (Å²) in [5.41, 5.74) is 0. The van der Waals surface area contributed by atoms with E-state index in [1.165, 1.54) is 0 Å². The normalized spacial score (nSPS) is 7.50. The number of rotatable bonds is 2. The first-order chi connectivity index (χ1) is 3.81. The lowest BCUT2D eigenvalue weighted by Crippen LogP contribution is -2.24. The first-order valence-electron chi connectivity index (χ1n) is 2.07. The van der Waals surface area contributed by atoms with Gasteiger partial charge in [0.05, 0.1) is 6.54 Å². The maximum absolute atomic E-state index is 11.2. The van der Waals surface area contributed by atoms with Gasteiger partial charge in [-0.25, -0.2) is 4.39 Å². The highest BCUT2D eigenvalue weighted by molar-refractivity contribution is 5.77. The number of alkyl halides is 1. The zero-order valence-electron chi connectivity index (χ0n) is 4.28. The maximum Gasteiger partial charge on any atom is 0.252 e. The summed E-state index contributed by atoms with van der Waals surface area (Å²) in [6.07, 6.45) is 4.74. The average Bonchev–Trinajstić information content (AvgIpc) is 1.83. The lowest BCUT2D eigenvalue weighted by Gasteiger charge is -1.91. The van der Waals surface area contributed by atoms with Crippen molar-refractivity contribution in [3.8, 4) is 12.3 Å². The summed E-state index contributed by atoms with van der Waals surface area (Å²) < 4.78 is 11.2. The Bertz CT molecular complexity index is 116. The van der Waals surface area contributed by atoms with Crippen LogP contribution in [-0.4, -0.2) is 19.1 Å². The van der Waals surface area contributed by atoms with Crippen LogP contribution in [0.5, 0.6) is 0 Å². The van der Waals surface area contributed by atoms with Crippen molar-refractivity contribution in [3.05, 3.63) is 0 Å². The van der Waals surface area contributed by atoms with Gasteiger partial charge in [0.15, 0.2) is 6.67 Å². The van der Waals surface area contributed by atoms with Crippen LogP contribution in [0, 0.1) is 12.3 Å². The van der Waals surface area contributed by atoms with Crippen LogP contribution >= 0.6 is 0 Å². The van der Waals surface area contributed by atoms with Gasteiger partial charge in [-0.15, -0.1) is 6.42 Å². The van der Waals surface area contributed by atoms with Crippen molar-refractivity contribution in [1.82, 2.24) is 5.32 Å². The molecule has 44 valence electrons. The van der Waals surface area contributed by atoms with E-state index in [2.05, 4.69) is 11.2 Å². The Hall–Kier alpha value is -1.04. The standard InChI is InChI=1S/C5H6FNO/c1-2-3-7-5(8)4-6/h1H,3-4H2,(H,7,8). The summed E-state index contributed by atoms with van der Waals surface area (Å²) in [6, 6.07) is 0. The molecule has 1 N–H and O–H groups in total. The summed E-state index contributed by atoms with van der Waals surface area (Å²) in [7, 11) is 0. The molecule has 0 aliphatic rings. The minimum atomic E-state index is -0.998. The molecule has 0 fully saturated rings. The van der Waals surface area contributed by atoms with Gasteiger partial charge in [0.25, 0.3) is 5.91 Å². The highest BCUT2D eigenvalue weighted by Crippen LogP contribution is 1.65. The molecule has 0 spiro atoms. The van der Waals surface area contributed by atoms with E-state index in [4.69, 9.17) is 6.42 Å². The van der Waals surface area contributed by atoms with Crippen molar-refractivity contribution < 1.29 is 9.18 Å². The highest BCUT2D eigenvalue weighted by Gasteiger charge is 1.93. The third kappa shape index (κ3) is 3.16. The van der Waals surface area contributed by atoms with E-state index >= 15 is 0 Å². The van der Waals surface area contributed by atoms with Crippen molar-refractivity contribution in [2.75, 3.05) is 13.2 Å². The Balaban J connectivity index is 3.15. The fraction of sp³-hybridized carbons (Fsp3) is 0.400. The minimum absolute atomic E-state index is 0.1000. The fourth-order valence-corrected chi connectivity index (χ4v) is 0.197. The Kier molecular flexibility index (Phi) is 3.59. The predicted molar refractivity (Wildman–Crippen MR) is 27.8 cm³/mol. The number of carbonyl (C=O) groups excluding carboxylic acids is 1. The van der Waals surface area contributed by atoms with E-state index in [1.54, 1.807) is 0 Å². The topological polar surface area (TPSA) is 29.1 Å². The quantitative estimate of drug-likeness (QED) is 0.492. The first kappa shape index (κ1) is 6.96. The summed E-state index contributed by atoms with van der Waals surface area (Å²) >= 11 is 0. The molecule has 2 nitrogen and oxygen atoms in total. The van der Waals surface area contributed by atoms with Crippen molar-refractivity contribution >= 4 is 5.91 Å². The van der Waals surface area contributed by atoms with Crippen molar-refractivity contribution in [3.63, 3.8) is 0 Å². The van der Waals surface area contributed by atoms with Crippen LogP contribution in [0.1, 0.15) is 0 Å². The molecule has 0 unspecified atom stereocenters. The van der Waals surface area contributed by atoms with Crippen LogP contribution in [0.3, 0.4) is 0 Å². The second-order valence-electron chi connectivity index (χ2n) is 1.11. The monoisotopic (exact) mass is 115 g/mol. The van der Waals surface area contributed by atoms with E-state index in [9.17, 15) is 9.18 Å². The SMILES string of the molecule is C#CCNC(=O)CF.